The van der Waals surface area contributed by atoms with Gasteiger partial charge in [-0.15, -0.1) is 24.0 Å². The molecule has 1 aliphatic heterocycles. The Hall–Kier alpha value is -1.55. The molecule has 1 aliphatic rings. The number of anilines is 1. The molecule has 0 aliphatic carbocycles. The van der Waals surface area contributed by atoms with Gasteiger partial charge in [-0.25, -0.2) is 4.79 Å². The monoisotopic (exact) mass is 517 g/mol. The topological polar surface area (TPSA) is 78.0 Å². The third-order valence-electron chi connectivity index (χ3n) is 4.66. The van der Waals surface area contributed by atoms with E-state index in [1.54, 1.807) is 7.05 Å². The van der Waals surface area contributed by atoms with Crippen molar-refractivity contribution in [2.45, 2.75) is 45.6 Å². The van der Waals surface area contributed by atoms with E-state index in [0.717, 1.165) is 82.2 Å². The maximum absolute atomic E-state index is 12.2. The zero-order chi connectivity index (χ0) is 20.0. The minimum atomic E-state index is -0.0127. The normalized spacial score (nSPS) is 13.7. The van der Waals surface area contributed by atoms with Crippen LogP contribution in [-0.4, -0.2) is 56.8 Å². The van der Waals surface area contributed by atoms with Crippen molar-refractivity contribution in [2.24, 2.45) is 4.99 Å². The summed E-state index contributed by atoms with van der Waals surface area (Å²) >= 11 is 0. The van der Waals surface area contributed by atoms with E-state index < -0.39 is 0 Å². The Balaban J connectivity index is 0.00000420. The Morgan fingerprint density at radius 1 is 1.17 bits per heavy atom. The van der Waals surface area contributed by atoms with Crippen LogP contribution in [0, 0.1) is 0 Å². The van der Waals surface area contributed by atoms with Crippen molar-refractivity contribution in [3.63, 3.8) is 0 Å². The fourth-order valence-electron chi connectivity index (χ4n) is 3.02. The number of hydrogen-bond acceptors (Lipinski definition) is 3. The van der Waals surface area contributed by atoms with E-state index in [-0.39, 0.29) is 30.0 Å². The summed E-state index contributed by atoms with van der Waals surface area (Å²) in [7, 11) is 1.76. The molecule has 3 N–H and O–H groups in total. The number of nitrogens with zero attached hydrogens (tertiary/aromatic N) is 2. The van der Waals surface area contributed by atoms with Gasteiger partial charge in [-0.3, -0.25) is 4.99 Å². The van der Waals surface area contributed by atoms with E-state index in [2.05, 4.69) is 27.9 Å². The van der Waals surface area contributed by atoms with Gasteiger partial charge in [0.15, 0.2) is 5.96 Å². The molecule has 0 aromatic heterocycles. The molecule has 2 amide bonds. The number of benzene rings is 1. The van der Waals surface area contributed by atoms with Crippen LogP contribution in [0.3, 0.4) is 0 Å². The number of carbonyl (C=O) groups excluding carboxylic acids is 1. The Bertz CT molecular complexity index is 621. The van der Waals surface area contributed by atoms with Gasteiger partial charge in [-0.1, -0.05) is 25.5 Å². The first-order valence-electron chi connectivity index (χ1n) is 10.4. The van der Waals surface area contributed by atoms with Crippen LogP contribution in [0.15, 0.2) is 29.3 Å². The Morgan fingerprint density at radius 3 is 2.66 bits per heavy atom. The second kappa shape index (κ2) is 15.3. The van der Waals surface area contributed by atoms with Crippen LogP contribution in [0.2, 0.25) is 0 Å². The summed E-state index contributed by atoms with van der Waals surface area (Å²) in [5, 5.41) is 9.59. The summed E-state index contributed by atoms with van der Waals surface area (Å²) < 4.78 is 5.56. The van der Waals surface area contributed by atoms with E-state index in [1.165, 1.54) is 0 Å². The predicted octanol–water partition coefficient (Wildman–Crippen LogP) is 3.80. The molecule has 8 heteroatoms. The van der Waals surface area contributed by atoms with Crippen molar-refractivity contribution in [3.05, 3.63) is 29.8 Å². The number of nitrogens with one attached hydrogen (secondary N) is 3. The van der Waals surface area contributed by atoms with Gasteiger partial charge >= 0.3 is 6.03 Å². The van der Waals surface area contributed by atoms with Gasteiger partial charge in [0.25, 0.3) is 0 Å². The van der Waals surface area contributed by atoms with E-state index >= 15 is 0 Å². The molecule has 1 fully saturated rings. The lowest BCUT2D eigenvalue weighted by Crippen LogP contribution is -2.37. The van der Waals surface area contributed by atoms with Crippen LogP contribution < -0.4 is 16.0 Å². The average Bonchev–Trinajstić information content (AvgIpc) is 3.25. The number of halogens is 1. The number of hydrogen-bond donors (Lipinski definition) is 3. The minimum absolute atomic E-state index is 0. The third-order valence-corrected chi connectivity index (χ3v) is 4.66. The Labute approximate surface area is 192 Å². The van der Waals surface area contributed by atoms with Crippen molar-refractivity contribution in [1.29, 1.82) is 0 Å². The SMILES string of the molecule is CCCCOCCCNC(=NC)NCc1cccc(NC(=O)N2CCCC2)c1.I. The maximum atomic E-state index is 12.2. The van der Waals surface area contributed by atoms with Crippen LogP contribution in [0.25, 0.3) is 0 Å². The summed E-state index contributed by atoms with van der Waals surface area (Å²) in [6, 6.07) is 7.90. The second-order valence-electron chi connectivity index (χ2n) is 7.00. The molecule has 0 unspecified atom stereocenters. The van der Waals surface area contributed by atoms with E-state index in [0.29, 0.717) is 6.54 Å². The highest BCUT2D eigenvalue weighted by atomic mass is 127. The van der Waals surface area contributed by atoms with Gasteiger partial charge in [0.05, 0.1) is 0 Å². The number of aliphatic imine (C=N–C) groups is 1. The second-order valence-corrected chi connectivity index (χ2v) is 7.00. The smallest absolute Gasteiger partial charge is 0.321 e. The van der Waals surface area contributed by atoms with Crippen LogP contribution in [-0.2, 0) is 11.3 Å². The first-order chi connectivity index (χ1) is 13.7. The molecule has 0 saturated carbocycles. The lowest BCUT2D eigenvalue weighted by molar-refractivity contribution is 0.129. The highest BCUT2D eigenvalue weighted by Crippen LogP contribution is 2.14. The number of carbonyl (C=O) groups is 1. The van der Waals surface area contributed by atoms with E-state index in [9.17, 15) is 4.79 Å². The molecule has 0 radical (unpaired) electrons. The largest absolute Gasteiger partial charge is 0.381 e. The fraction of sp³-hybridized carbons (Fsp3) is 0.619. The van der Waals surface area contributed by atoms with E-state index in [4.69, 9.17) is 4.74 Å². The van der Waals surface area contributed by atoms with Gasteiger partial charge in [0.1, 0.15) is 0 Å². The number of likely N-dealkylation sites (tertiary alicyclic amines) is 1. The first kappa shape index (κ1) is 25.5. The molecule has 0 atom stereocenters. The van der Waals surface area contributed by atoms with Gasteiger partial charge in [-0.05, 0) is 43.4 Å². The third kappa shape index (κ3) is 10.2. The number of urea groups is 1. The number of rotatable bonds is 10. The molecule has 164 valence electrons. The lowest BCUT2D eigenvalue weighted by atomic mass is 10.2. The van der Waals surface area contributed by atoms with Crippen molar-refractivity contribution in [3.8, 4) is 0 Å². The molecule has 0 spiro atoms. The standard InChI is InChI=1S/C21H35N5O2.HI/c1-3-4-14-28-15-8-11-23-20(22-2)24-17-18-9-7-10-19(16-18)25-21(27)26-12-5-6-13-26;/h7,9-10,16H,3-6,8,11-15,17H2,1-2H3,(H,25,27)(H2,22,23,24);1H. The Morgan fingerprint density at radius 2 is 1.93 bits per heavy atom. The van der Waals surface area contributed by atoms with Gasteiger partial charge < -0.3 is 25.6 Å². The van der Waals surface area contributed by atoms with Crippen molar-refractivity contribution < 1.29 is 9.53 Å². The molecule has 2 rings (SSSR count). The highest BCUT2D eigenvalue weighted by Gasteiger charge is 2.17. The maximum Gasteiger partial charge on any atom is 0.321 e. The van der Waals surface area contributed by atoms with Crippen molar-refractivity contribution >= 4 is 41.7 Å². The number of ether oxygens (including phenoxy) is 1. The molecular formula is C21H36IN5O2. The van der Waals surface area contributed by atoms with Crippen molar-refractivity contribution in [2.75, 3.05) is 45.2 Å². The number of unbranched alkanes of at least 4 members (excludes halogenated alkanes) is 1. The zero-order valence-electron chi connectivity index (χ0n) is 17.7. The quantitative estimate of drug-likeness (QED) is 0.191. The predicted molar refractivity (Wildman–Crippen MR) is 130 cm³/mol. The van der Waals surface area contributed by atoms with Gasteiger partial charge in [-0.2, -0.15) is 0 Å². The summed E-state index contributed by atoms with van der Waals surface area (Å²) in [6.07, 6.45) is 5.41. The van der Waals surface area contributed by atoms with E-state index in [1.807, 2.05) is 29.2 Å². The summed E-state index contributed by atoms with van der Waals surface area (Å²) in [6.45, 7) is 6.92. The molecule has 1 aromatic rings. The molecule has 1 heterocycles. The summed E-state index contributed by atoms with van der Waals surface area (Å²) in [5.74, 6) is 0.764. The van der Waals surface area contributed by atoms with Crippen LogP contribution in [0.5, 0.6) is 0 Å². The number of amides is 2. The minimum Gasteiger partial charge on any atom is -0.381 e. The van der Waals surface area contributed by atoms with Gasteiger partial charge in [0.2, 0.25) is 0 Å². The zero-order valence-corrected chi connectivity index (χ0v) is 20.0. The lowest BCUT2D eigenvalue weighted by Gasteiger charge is -2.17. The van der Waals surface area contributed by atoms with Crippen LogP contribution >= 0.6 is 24.0 Å². The Kier molecular flexibility index (Phi) is 13.5. The molecular weight excluding hydrogens is 481 g/mol. The molecule has 29 heavy (non-hydrogen) atoms. The van der Waals surface area contributed by atoms with Gasteiger partial charge in [0, 0.05) is 52.1 Å². The van der Waals surface area contributed by atoms with Crippen LogP contribution in [0.4, 0.5) is 10.5 Å². The summed E-state index contributed by atoms with van der Waals surface area (Å²) in [5.41, 5.74) is 1.91. The first-order valence-corrected chi connectivity index (χ1v) is 10.4. The molecule has 1 aromatic carbocycles. The average molecular weight is 517 g/mol. The molecule has 0 bridgehead atoms. The van der Waals surface area contributed by atoms with Crippen molar-refractivity contribution in [1.82, 2.24) is 15.5 Å². The molecule has 7 nitrogen and oxygen atoms in total. The summed E-state index contributed by atoms with van der Waals surface area (Å²) in [4.78, 5) is 18.3. The highest BCUT2D eigenvalue weighted by molar-refractivity contribution is 14.0. The van der Waals surface area contributed by atoms with Crippen LogP contribution in [0.1, 0.15) is 44.6 Å². The molecule has 1 saturated heterocycles. The fourth-order valence-corrected chi connectivity index (χ4v) is 3.02. The number of guanidine groups is 1.